The van der Waals surface area contributed by atoms with E-state index in [0.29, 0.717) is 18.4 Å². The van der Waals surface area contributed by atoms with Crippen LogP contribution in [0.4, 0.5) is 8.78 Å². The van der Waals surface area contributed by atoms with Crippen LogP contribution in [0.15, 0.2) is 24.3 Å². The van der Waals surface area contributed by atoms with Gasteiger partial charge in [0.15, 0.2) is 0 Å². The first kappa shape index (κ1) is 16.2. The second kappa shape index (κ2) is 7.18. The lowest BCUT2D eigenvalue weighted by Crippen LogP contribution is -2.32. The van der Waals surface area contributed by atoms with Crippen LogP contribution in [0.5, 0.6) is 5.75 Å². The SMILES string of the molecule is CC(C)C1CCN(C(CN)c2ccc(OC(F)F)cc2)C1. The molecule has 2 N–H and O–H groups in total. The Labute approximate surface area is 125 Å². The molecule has 21 heavy (non-hydrogen) atoms. The quantitative estimate of drug-likeness (QED) is 0.876. The van der Waals surface area contributed by atoms with Gasteiger partial charge in [0.05, 0.1) is 0 Å². The van der Waals surface area contributed by atoms with Crippen LogP contribution >= 0.6 is 0 Å². The minimum atomic E-state index is -2.79. The van der Waals surface area contributed by atoms with Gasteiger partial charge >= 0.3 is 6.61 Å². The van der Waals surface area contributed by atoms with Crippen molar-refractivity contribution < 1.29 is 13.5 Å². The zero-order valence-corrected chi connectivity index (χ0v) is 12.6. The normalized spacial score (nSPS) is 21.2. The van der Waals surface area contributed by atoms with Gasteiger partial charge in [-0.2, -0.15) is 8.78 Å². The first-order valence-corrected chi connectivity index (χ1v) is 7.50. The Morgan fingerprint density at radius 2 is 1.95 bits per heavy atom. The Hall–Kier alpha value is -1.20. The molecule has 1 aliphatic rings. The van der Waals surface area contributed by atoms with E-state index in [4.69, 9.17) is 5.73 Å². The van der Waals surface area contributed by atoms with E-state index < -0.39 is 6.61 Å². The highest BCUT2D eigenvalue weighted by Gasteiger charge is 2.29. The lowest BCUT2D eigenvalue weighted by Gasteiger charge is -2.27. The molecule has 0 bridgehead atoms. The van der Waals surface area contributed by atoms with Crippen LogP contribution in [-0.2, 0) is 0 Å². The molecule has 1 aromatic carbocycles. The molecule has 3 nitrogen and oxygen atoms in total. The van der Waals surface area contributed by atoms with E-state index in [1.807, 2.05) is 12.1 Å². The lowest BCUT2D eigenvalue weighted by molar-refractivity contribution is -0.0498. The molecular formula is C16H24F2N2O. The van der Waals surface area contributed by atoms with Gasteiger partial charge in [0, 0.05) is 19.1 Å². The lowest BCUT2D eigenvalue weighted by atomic mass is 9.95. The largest absolute Gasteiger partial charge is 0.435 e. The second-order valence-electron chi connectivity index (χ2n) is 5.99. The van der Waals surface area contributed by atoms with Crippen LogP contribution < -0.4 is 10.5 Å². The third-order valence-corrected chi connectivity index (χ3v) is 4.35. The van der Waals surface area contributed by atoms with Crippen LogP contribution in [-0.4, -0.2) is 31.1 Å². The number of hydrogen-bond acceptors (Lipinski definition) is 3. The van der Waals surface area contributed by atoms with Crippen LogP contribution in [0.2, 0.25) is 0 Å². The van der Waals surface area contributed by atoms with Crippen molar-refractivity contribution in [2.75, 3.05) is 19.6 Å². The highest BCUT2D eigenvalue weighted by molar-refractivity contribution is 5.29. The molecule has 2 atom stereocenters. The van der Waals surface area contributed by atoms with Gasteiger partial charge in [0.25, 0.3) is 0 Å². The summed E-state index contributed by atoms with van der Waals surface area (Å²) >= 11 is 0. The monoisotopic (exact) mass is 298 g/mol. The van der Waals surface area contributed by atoms with E-state index in [2.05, 4.69) is 23.5 Å². The summed E-state index contributed by atoms with van der Waals surface area (Å²) in [6.07, 6.45) is 1.20. The zero-order chi connectivity index (χ0) is 15.4. The third-order valence-electron chi connectivity index (χ3n) is 4.35. The highest BCUT2D eigenvalue weighted by atomic mass is 19.3. The fraction of sp³-hybridized carbons (Fsp3) is 0.625. The molecule has 118 valence electrons. The Balaban J connectivity index is 2.04. The van der Waals surface area contributed by atoms with Crippen LogP contribution in [0.25, 0.3) is 0 Å². The fourth-order valence-corrected chi connectivity index (χ4v) is 3.01. The molecule has 5 heteroatoms. The standard InChI is InChI=1S/C16H24F2N2O/c1-11(2)13-7-8-20(10-13)15(9-19)12-3-5-14(6-4-12)21-16(17)18/h3-6,11,13,15-16H,7-10,19H2,1-2H3. The summed E-state index contributed by atoms with van der Waals surface area (Å²) in [7, 11) is 0. The van der Waals surface area contributed by atoms with E-state index in [0.717, 1.165) is 18.7 Å². The molecule has 0 spiro atoms. The Morgan fingerprint density at radius 1 is 1.29 bits per heavy atom. The van der Waals surface area contributed by atoms with Gasteiger partial charge < -0.3 is 10.5 Å². The zero-order valence-electron chi connectivity index (χ0n) is 12.6. The molecule has 1 fully saturated rings. The second-order valence-corrected chi connectivity index (χ2v) is 5.99. The van der Waals surface area contributed by atoms with E-state index in [-0.39, 0.29) is 11.8 Å². The van der Waals surface area contributed by atoms with Gasteiger partial charge in [-0.05, 0) is 42.5 Å². The van der Waals surface area contributed by atoms with Crippen LogP contribution in [0.1, 0.15) is 31.9 Å². The summed E-state index contributed by atoms with van der Waals surface area (Å²) in [5, 5.41) is 0. The predicted molar refractivity (Wildman–Crippen MR) is 79.4 cm³/mol. The summed E-state index contributed by atoms with van der Waals surface area (Å²) in [4.78, 5) is 2.40. The molecule has 0 saturated carbocycles. The van der Waals surface area contributed by atoms with Crippen molar-refractivity contribution >= 4 is 0 Å². The van der Waals surface area contributed by atoms with Gasteiger partial charge in [-0.15, -0.1) is 0 Å². The Bertz CT molecular complexity index is 436. The van der Waals surface area contributed by atoms with E-state index in [9.17, 15) is 8.78 Å². The molecule has 1 saturated heterocycles. The Kier molecular flexibility index (Phi) is 5.53. The molecule has 0 amide bonds. The molecule has 0 radical (unpaired) electrons. The molecule has 0 aliphatic carbocycles. The Morgan fingerprint density at radius 3 is 2.43 bits per heavy atom. The number of nitrogens with two attached hydrogens (primary N) is 1. The predicted octanol–water partition coefficient (Wildman–Crippen LogP) is 3.27. The van der Waals surface area contributed by atoms with Crippen molar-refractivity contribution in [3.8, 4) is 5.75 Å². The number of benzene rings is 1. The van der Waals surface area contributed by atoms with Crippen molar-refractivity contribution in [2.45, 2.75) is 32.9 Å². The van der Waals surface area contributed by atoms with Crippen molar-refractivity contribution in [2.24, 2.45) is 17.6 Å². The average molecular weight is 298 g/mol. The maximum Gasteiger partial charge on any atom is 0.387 e. The fourth-order valence-electron chi connectivity index (χ4n) is 3.01. The highest BCUT2D eigenvalue weighted by Crippen LogP contribution is 2.31. The van der Waals surface area contributed by atoms with Crippen molar-refractivity contribution in [1.82, 2.24) is 4.90 Å². The minimum Gasteiger partial charge on any atom is -0.435 e. The van der Waals surface area contributed by atoms with Crippen LogP contribution in [0, 0.1) is 11.8 Å². The van der Waals surface area contributed by atoms with Gasteiger partial charge in [0.1, 0.15) is 5.75 Å². The number of ether oxygens (including phenoxy) is 1. The summed E-state index contributed by atoms with van der Waals surface area (Å²) in [5.74, 6) is 1.57. The van der Waals surface area contributed by atoms with E-state index >= 15 is 0 Å². The number of nitrogens with zero attached hydrogens (tertiary/aromatic N) is 1. The van der Waals surface area contributed by atoms with Crippen molar-refractivity contribution in [1.29, 1.82) is 0 Å². The topological polar surface area (TPSA) is 38.5 Å². The third kappa shape index (κ3) is 4.14. The summed E-state index contributed by atoms with van der Waals surface area (Å²) in [6.45, 7) is 4.34. The molecule has 2 unspecified atom stereocenters. The van der Waals surface area contributed by atoms with Gasteiger partial charge in [0.2, 0.25) is 0 Å². The molecule has 1 aliphatic heterocycles. The van der Waals surface area contributed by atoms with Gasteiger partial charge in [-0.25, -0.2) is 0 Å². The van der Waals surface area contributed by atoms with Crippen molar-refractivity contribution in [3.63, 3.8) is 0 Å². The van der Waals surface area contributed by atoms with Gasteiger partial charge in [-0.1, -0.05) is 26.0 Å². The maximum absolute atomic E-state index is 12.2. The minimum absolute atomic E-state index is 0.148. The number of hydrogen-bond donors (Lipinski definition) is 1. The van der Waals surface area contributed by atoms with Crippen molar-refractivity contribution in [3.05, 3.63) is 29.8 Å². The van der Waals surface area contributed by atoms with E-state index in [1.54, 1.807) is 12.1 Å². The molecular weight excluding hydrogens is 274 g/mol. The summed E-state index contributed by atoms with van der Waals surface area (Å²) in [6, 6.07) is 6.98. The molecule has 1 aromatic rings. The molecule has 2 rings (SSSR count). The molecule has 1 heterocycles. The number of rotatable bonds is 6. The summed E-state index contributed by atoms with van der Waals surface area (Å²) in [5.41, 5.74) is 6.99. The van der Waals surface area contributed by atoms with E-state index in [1.165, 1.54) is 6.42 Å². The number of likely N-dealkylation sites (tertiary alicyclic amines) is 1. The molecule has 0 aromatic heterocycles. The maximum atomic E-state index is 12.2. The number of halogens is 2. The first-order valence-electron chi connectivity index (χ1n) is 7.50. The number of alkyl halides is 2. The van der Waals surface area contributed by atoms with Crippen LogP contribution in [0.3, 0.4) is 0 Å². The smallest absolute Gasteiger partial charge is 0.387 e. The average Bonchev–Trinajstić information content (AvgIpc) is 2.91. The van der Waals surface area contributed by atoms with Gasteiger partial charge in [-0.3, -0.25) is 4.90 Å². The summed E-state index contributed by atoms with van der Waals surface area (Å²) < 4.78 is 28.7. The first-order chi connectivity index (χ1) is 10.0.